The monoisotopic (exact) mass is 319 g/mol. The van der Waals surface area contributed by atoms with Crippen LogP contribution in [0.15, 0.2) is 0 Å². The summed E-state index contributed by atoms with van der Waals surface area (Å²) in [6.07, 6.45) is 3.13. The fraction of sp³-hybridized carbons (Fsp3) is 0.600. The lowest BCUT2D eigenvalue weighted by Gasteiger charge is -2.19. The van der Waals surface area contributed by atoms with Crippen molar-refractivity contribution in [1.29, 1.82) is 0 Å². The molecule has 8 heteroatoms. The molecule has 4 amide bonds. The van der Waals surface area contributed by atoms with E-state index in [-0.39, 0.29) is 12.5 Å². The van der Waals surface area contributed by atoms with E-state index in [9.17, 15) is 14.4 Å². The molecule has 1 aliphatic carbocycles. The van der Waals surface area contributed by atoms with Gasteiger partial charge < -0.3 is 10.6 Å². The molecule has 124 valence electrons. The van der Waals surface area contributed by atoms with E-state index in [2.05, 4.69) is 15.7 Å². The number of imide groups is 1. The first-order valence-electron chi connectivity index (χ1n) is 7.78. The van der Waals surface area contributed by atoms with Gasteiger partial charge in [0.1, 0.15) is 12.1 Å². The molecule has 2 heterocycles. The van der Waals surface area contributed by atoms with E-state index in [0.717, 1.165) is 23.4 Å². The van der Waals surface area contributed by atoms with Gasteiger partial charge in [-0.1, -0.05) is 12.8 Å². The van der Waals surface area contributed by atoms with Gasteiger partial charge in [-0.25, -0.2) is 4.79 Å². The summed E-state index contributed by atoms with van der Waals surface area (Å²) in [6, 6.07) is -0.480. The van der Waals surface area contributed by atoms with Crippen molar-refractivity contribution in [2.45, 2.75) is 45.1 Å². The zero-order chi connectivity index (χ0) is 16.8. The summed E-state index contributed by atoms with van der Waals surface area (Å²) in [4.78, 5) is 37.9. The van der Waals surface area contributed by atoms with Crippen LogP contribution in [0, 0.1) is 13.8 Å². The fourth-order valence-corrected chi connectivity index (χ4v) is 3.41. The second-order valence-electron chi connectivity index (χ2n) is 6.33. The molecule has 1 aromatic heterocycles. The minimum absolute atomic E-state index is 0.278. The third-order valence-electron chi connectivity index (χ3n) is 4.78. The minimum Gasteiger partial charge on any atom is -0.323 e. The third-order valence-corrected chi connectivity index (χ3v) is 4.78. The quantitative estimate of drug-likeness (QED) is 0.807. The lowest BCUT2D eigenvalue weighted by molar-refractivity contribution is -0.133. The highest BCUT2D eigenvalue weighted by Crippen LogP contribution is 2.34. The van der Waals surface area contributed by atoms with Crippen LogP contribution in [0.1, 0.15) is 37.1 Å². The van der Waals surface area contributed by atoms with Crippen LogP contribution in [0.2, 0.25) is 0 Å². The Morgan fingerprint density at radius 3 is 2.52 bits per heavy atom. The first-order chi connectivity index (χ1) is 10.8. The lowest BCUT2D eigenvalue weighted by Crippen LogP contribution is -2.44. The Balaban J connectivity index is 1.70. The average Bonchev–Trinajstić information content (AvgIpc) is 3.11. The molecule has 2 fully saturated rings. The molecule has 0 radical (unpaired) electrons. The molecule has 0 aromatic carbocycles. The summed E-state index contributed by atoms with van der Waals surface area (Å²) in [5.41, 5.74) is 1.36. The Kier molecular flexibility index (Phi) is 3.62. The number of aromatic nitrogens is 2. The van der Waals surface area contributed by atoms with Crippen LogP contribution in [0.4, 0.5) is 10.5 Å². The van der Waals surface area contributed by atoms with E-state index in [0.29, 0.717) is 24.2 Å². The number of carbonyl (C=O) groups is 3. The number of carbonyl (C=O) groups excluding carboxylic acids is 3. The van der Waals surface area contributed by atoms with Gasteiger partial charge in [-0.15, -0.1) is 0 Å². The van der Waals surface area contributed by atoms with E-state index in [1.54, 1.807) is 18.7 Å². The maximum Gasteiger partial charge on any atom is 0.325 e. The predicted molar refractivity (Wildman–Crippen MR) is 82.8 cm³/mol. The van der Waals surface area contributed by atoms with Gasteiger partial charge in [0, 0.05) is 7.05 Å². The molecule has 0 atom stereocenters. The Morgan fingerprint density at radius 1 is 1.30 bits per heavy atom. The SMILES string of the molecule is Cc1nn(C)c(C)c1NC(=O)CN1C(=O)NC2(CCCC2)C1=O. The van der Waals surface area contributed by atoms with E-state index in [1.807, 2.05) is 6.92 Å². The third kappa shape index (κ3) is 2.47. The number of aryl methyl sites for hydroxylation is 2. The van der Waals surface area contributed by atoms with Crippen LogP contribution in [0.3, 0.4) is 0 Å². The van der Waals surface area contributed by atoms with Gasteiger partial charge in [0.05, 0.1) is 17.1 Å². The molecule has 1 saturated carbocycles. The minimum atomic E-state index is -0.780. The highest BCUT2D eigenvalue weighted by molar-refractivity contribution is 6.10. The van der Waals surface area contributed by atoms with Gasteiger partial charge in [-0.05, 0) is 26.7 Å². The lowest BCUT2D eigenvalue weighted by atomic mass is 9.98. The molecule has 1 aromatic rings. The fourth-order valence-electron chi connectivity index (χ4n) is 3.41. The van der Waals surface area contributed by atoms with Crippen molar-refractivity contribution in [2.75, 3.05) is 11.9 Å². The van der Waals surface area contributed by atoms with Crippen LogP contribution in [-0.2, 0) is 16.6 Å². The summed E-state index contributed by atoms with van der Waals surface area (Å²) in [7, 11) is 1.79. The highest BCUT2D eigenvalue weighted by atomic mass is 16.2. The number of rotatable bonds is 3. The highest BCUT2D eigenvalue weighted by Gasteiger charge is 2.52. The molecule has 8 nitrogen and oxygen atoms in total. The van der Waals surface area contributed by atoms with Gasteiger partial charge >= 0.3 is 6.03 Å². The molecule has 0 bridgehead atoms. The van der Waals surface area contributed by atoms with Crippen LogP contribution in [-0.4, -0.2) is 44.6 Å². The van der Waals surface area contributed by atoms with Crippen molar-refractivity contribution < 1.29 is 14.4 Å². The second kappa shape index (κ2) is 5.36. The number of nitrogens with one attached hydrogen (secondary N) is 2. The van der Waals surface area contributed by atoms with Crippen LogP contribution < -0.4 is 10.6 Å². The number of nitrogens with zero attached hydrogens (tertiary/aromatic N) is 3. The molecule has 1 saturated heterocycles. The summed E-state index contributed by atoms with van der Waals surface area (Å²) < 4.78 is 1.67. The van der Waals surface area contributed by atoms with Crippen LogP contribution in [0.25, 0.3) is 0 Å². The van der Waals surface area contributed by atoms with Crippen molar-refractivity contribution >= 4 is 23.5 Å². The molecule has 0 unspecified atom stereocenters. The molecular weight excluding hydrogens is 298 g/mol. The predicted octanol–water partition coefficient (Wildman–Crippen LogP) is 0.840. The molecule has 23 heavy (non-hydrogen) atoms. The second-order valence-corrected chi connectivity index (χ2v) is 6.33. The number of anilines is 1. The molecule has 1 spiro atoms. The molecule has 2 N–H and O–H groups in total. The zero-order valence-electron chi connectivity index (χ0n) is 13.6. The number of urea groups is 1. The van der Waals surface area contributed by atoms with Crippen molar-refractivity contribution in [1.82, 2.24) is 20.0 Å². The summed E-state index contributed by atoms with van der Waals surface area (Å²) in [6.45, 7) is 3.36. The summed E-state index contributed by atoms with van der Waals surface area (Å²) in [5.74, 6) is -0.683. The summed E-state index contributed by atoms with van der Waals surface area (Å²) >= 11 is 0. The van der Waals surface area contributed by atoms with Crippen LogP contribution in [0.5, 0.6) is 0 Å². The van der Waals surface area contributed by atoms with Crippen molar-refractivity contribution in [3.05, 3.63) is 11.4 Å². The zero-order valence-corrected chi connectivity index (χ0v) is 13.6. The Hall–Kier alpha value is -2.38. The number of amides is 4. The first-order valence-corrected chi connectivity index (χ1v) is 7.78. The molecular formula is C15H21N5O3. The maximum absolute atomic E-state index is 12.5. The smallest absolute Gasteiger partial charge is 0.323 e. The maximum atomic E-state index is 12.5. The Labute approximate surface area is 134 Å². The Morgan fingerprint density at radius 2 is 1.96 bits per heavy atom. The van der Waals surface area contributed by atoms with Crippen LogP contribution >= 0.6 is 0 Å². The standard InChI is InChI=1S/C15H21N5O3/c1-9-12(10(2)19(3)18-9)16-11(21)8-20-13(22)15(17-14(20)23)6-4-5-7-15/h4-8H2,1-3H3,(H,16,21)(H,17,23). The average molecular weight is 319 g/mol. The van der Waals surface area contributed by atoms with E-state index < -0.39 is 17.5 Å². The van der Waals surface area contributed by atoms with Gasteiger partial charge in [0.15, 0.2) is 0 Å². The van der Waals surface area contributed by atoms with Crippen molar-refractivity contribution in [2.24, 2.45) is 7.05 Å². The van der Waals surface area contributed by atoms with Gasteiger partial charge in [0.2, 0.25) is 5.91 Å². The topological polar surface area (TPSA) is 96.3 Å². The summed E-state index contributed by atoms with van der Waals surface area (Å²) in [5, 5.41) is 9.74. The van der Waals surface area contributed by atoms with Crippen molar-refractivity contribution in [3.63, 3.8) is 0 Å². The van der Waals surface area contributed by atoms with Crippen molar-refractivity contribution in [3.8, 4) is 0 Å². The number of hydrogen-bond acceptors (Lipinski definition) is 4. The Bertz CT molecular complexity index is 688. The first kappa shape index (κ1) is 15.5. The van der Waals surface area contributed by atoms with Gasteiger partial charge in [-0.2, -0.15) is 5.10 Å². The van der Waals surface area contributed by atoms with E-state index >= 15 is 0 Å². The largest absolute Gasteiger partial charge is 0.325 e. The number of hydrogen-bond donors (Lipinski definition) is 2. The van der Waals surface area contributed by atoms with Gasteiger partial charge in [0.25, 0.3) is 5.91 Å². The molecule has 2 aliphatic rings. The van der Waals surface area contributed by atoms with E-state index in [4.69, 9.17) is 0 Å². The van der Waals surface area contributed by atoms with Gasteiger partial charge in [-0.3, -0.25) is 19.2 Å². The normalized spacial score (nSPS) is 19.5. The van der Waals surface area contributed by atoms with E-state index in [1.165, 1.54) is 0 Å². The molecule has 3 rings (SSSR count). The molecule has 1 aliphatic heterocycles.